The van der Waals surface area contributed by atoms with Gasteiger partial charge in [-0.2, -0.15) is 13.2 Å². The smallest absolute Gasteiger partial charge is 0.399 e. The molecule has 1 amide bonds. The fourth-order valence-corrected chi connectivity index (χ4v) is 0.453. The molecule has 0 unspecified atom stereocenters. The van der Waals surface area contributed by atoms with Crippen LogP contribution in [0.1, 0.15) is 0 Å². The molecule has 0 aliphatic heterocycles. The predicted molar refractivity (Wildman–Crippen MR) is 46.1 cm³/mol. The lowest BCUT2D eigenvalue weighted by molar-refractivity contribution is -0.169. The number of carbonyl (C=O) groups is 1. The summed E-state index contributed by atoms with van der Waals surface area (Å²) in [5.74, 6) is -2.26. The van der Waals surface area contributed by atoms with Gasteiger partial charge in [0, 0.05) is 5.69 Å². The Labute approximate surface area is 78.5 Å². The van der Waals surface area contributed by atoms with Crippen molar-refractivity contribution in [3.05, 3.63) is 30.3 Å². The van der Waals surface area contributed by atoms with E-state index in [-0.39, 0.29) is 0 Å². The third-order valence-corrected chi connectivity index (χ3v) is 1.08. The Hall–Kier alpha value is -1.72. The molecule has 0 spiro atoms. The van der Waals surface area contributed by atoms with Crippen molar-refractivity contribution >= 4 is 11.6 Å². The van der Waals surface area contributed by atoms with E-state index in [0.29, 0.717) is 0 Å². The first-order valence-electron chi connectivity index (χ1n) is 3.51. The van der Waals surface area contributed by atoms with Gasteiger partial charge < -0.3 is 11.5 Å². The van der Waals surface area contributed by atoms with Gasteiger partial charge in [-0.1, -0.05) is 18.2 Å². The molecule has 0 aliphatic rings. The van der Waals surface area contributed by atoms with E-state index in [2.05, 4.69) is 5.73 Å². The fourth-order valence-electron chi connectivity index (χ4n) is 0.453. The predicted octanol–water partition coefficient (Wildman–Crippen LogP) is 1.30. The summed E-state index contributed by atoms with van der Waals surface area (Å²) in [5.41, 5.74) is 9.99. The van der Waals surface area contributed by atoms with Gasteiger partial charge in [-0.3, -0.25) is 4.79 Å². The van der Waals surface area contributed by atoms with Crippen molar-refractivity contribution in [3.63, 3.8) is 0 Å². The van der Waals surface area contributed by atoms with Crippen LogP contribution in [0.25, 0.3) is 0 Å². The van der Waals surface area contributed by atoms with Crippen LogP contribution in [0.3, 0.4) is 0 Å². The van der Waals surface area contributed by atoms with E-state index in [1.807, 2.05) is 30.3 Å². The van der Waals surface area contributed by atoms with E-state index in [1.54, 1.807) is 0 Å². The van der Waals surface area contributed by atoms with Crippen LogP contribution in [0, 0.1) is 0 Å². The van der Waals surface area contributed by atoms with E-state index in [0.717, 1.165) is 5.69 Å². The van der Waals surface area contributed by atoms with Gasteiger partial charge in [0.25, 0.3) is 0 Å². The molecule has 1 aromatic rings. The Bertz CT molecular complexity index is 284. The Morgan fingerprint density at radius 1 is 1.14 bits per heavy atom. The Balaban J connectivity index is 0.000000241. The van der Waals surface area contributed by atoms with Gasteiger partial charge in [0.2, 0.25) is 0 Å². The quantitative estimate of drug-likeness (QED) is 0.628. The monoisotopic (exact) mass is 206 g/mol. The number of nitrogens with two attached hydrogens (primary N) is 2. The molecule has 0 atom stereocenters. The number of amides is 1. The number of nitrogen functional groups attached to an aromatic ring is 1. The van der Waals surface area contributed by atoms with Crippen molar-refractivity contribution in [3.8, 4) is 0 Å². The lowest BCUT2D eigenvalue weighted by atomic mass is 10.3. The third-order valence-electron chi connectivity index (χ3n) is 1.08. The molecule has 0 saturated heterocycles. The maximum absolute atomic E-state index is 10.7. The van der Waals surface area contributed by atoms with E-state index >= 15 is 0 Å². The average molecular weight is 206 g/mol. The normalized spacial score (nSPS) is 9.93. The Morgan fingerprint density at radius 3 is 1.64 bits per heavy atom. The molecule has 14 heavy (non-hydrogen) atoms. The average Bonchev–Trinajstić information content (AvgIpc) is 2.04. The first-order valence-corrected chi connectivity index (χ1v) is 3.51. The first kappa shape index (κ1) is 12.3. The topological polar surface area (TPSA) is 69.1 Å². The standard InChI is InChI=1S/C6H7N.C2H2F3NO/c7-6-4-2-1-3-5-6;3-2(4,5)1(6)7/h1-5H,7H2;(H2,6,7). The van der Waals surface area contributed by atoms with E-state index in [1.165, 1.54) is 0 Å². The molecule has 0 aliphatic carbocycles. The van der Waals surface area contributed by atoms with Gasteiger partial charge in [0.15, 0.2) is 0 Å². The zero-order valence-corrected chi connectivity index (χ0v) is 7.08. The second kappa shape index (κ2) is 5.11. The minimum absolute atomic E-state index is 0.822. The third kappa shape index (κ3) is 5.87. The van der Waals surface area contributed by atoms with Crippen molar-refractivity contribution in [2.75, 3.05) is 5.73 Å². The maximum atomic E-state index is 10.7. The second-order valence-electron chi connectivity index (χ2n) is 2.27. The molecule has 0 fully saturated rings. The van der Waals surface area contributed by atoms with Gasteiger partial charge in [-0.05, 0) is 12.1 Å². The number of anilines is 1. The van der Waals surface area contributed by atoms with E-state index < -0.39 is 12.1 Å². The maximum Gasteiger partial charge on any atom is 0.470 e. The minimum atomic E-state index is -4.86. The number of halogens is 3. The van der Waals surface area contributed by atoms with Gasteiger partial charge in [-0.15, -0.1) is 0 Å². The number of alkyl halides is 3. The molecule has 1 rings (SSSR count). The summed E-state index contributed by atoms with van der Waals surface area (Å²) in [6, 6.07) is 9.49. The summed E-state index contributed by atoms with van der Waals surface area (Å²) in [7, 11) is 0. The lowest BCUT2D eigenvalue weighted by Crippen LogP contribution is -2.30. The molecule has 6 heteroatoms. The number of hydrogen-bond acceptors (Lipinski definition) is 2. The van der Waals surface area contributed by atoms with Crippen LogP contribution in [0.4, 0.5) is 18.9 Å². The number of benzene rings is 1. The summed E-state index contributed by atoms with van der Waals surface area (Å²) in [6.45, 7) is 0. The van der Waals surface area contributed by atoms with Crippen LogP contribution in [-0.4, -0.2) is 12.1 Å². The lowest BCUT2D eigenvalue weighted by Gasteiger charge is -1.95. The number of primary amides is 1. The van der Waals surface area contributed by atoms with E-state index in [9.17, 15) is 13.2 Å². The van der Waals surface area contributed by atoms with Crippen molar-refractivity contribution in [1.82, 2.24) is 0 Å². The molecular weight excluding hydrogens is 197 g/mol. The highest BCUT2D eigenvalue weighted by molar-refractivity contribution is 5.79. The Kier molecular flexibility index (Phi) is 4.48. The van der Waals surface area contributed by atoms with Crippen molar-refractivity contribution in [1.29, 1.82) is 0 Å². The summed E-state index contributed by atoms with van der Waals surface area (Å²) in [6.07, 6.45) is -4.86. The van der Waals surface area contributed by atoms with Crippen LogP contribution in [-0.2, 0) is 4.79 Å². The molecular formula is C8H9F3N2O. The zero-order chi connectivity index (χ0) is 11.2. The van der Waals surface area contributed by atoms with Gasteiger partial charge >= 0.3 is 12.1 Å². The number of carbonyl (C=O) groups excluding carboxylic acids is 1. The van der Waals surface area contributed by atoms with Gasteiger partial charge in [0.1, 0.15) is 0 Å². The van der Waals surface area contributed by atoms with Crippen LogP contribution in [0.5, 0.6) is 0 Å². The molecule has 3 nitrogen and oxygen atoms in total. The van der Waals surface area contributed by atoms with E-state index in [4.69, 9.17) is 10.5 Å². The molecule has 4 N–H and O–H groups in total. The SMILES string of the molecule is NC(=O)C(F)(F)F.Nc1ccccc1. The molecule has 0 radical (unpaired) electrons. The fraction of sp³-hybridized carbons (Fsp3) is 0.125. The molecule has 0 aromatic heterocycles. The molecule has 0 heterocycles. The molecule has 1 aromatic carbocycles. The van der Waals surface area contributed by atoms with Gasteiger partial charge in [0.05, 0.1) is 0 Å². The minimum Gasteiger partial charge on any atom is -0.399 e. The molecule has 0 bridgehead atoms. The Morgan fingerprint density at radius 2 is 1.50 bits per heavy atom. The summed E-state index contributed by atoms with van der Waals surface area (Å²) in [4.78, 5) is 9.12. The van der Waals surface area contributed by atoms with Crippen molar-refractivity contribution in [2.24, 2.45) is 5.73 Å². The number of para-hydroxylation sites is 1. The number of rotatable bonds is 0. The summed E-state index contributed by atoms with van der Waals surface area (Å²) >= 11 is 0. The molecule has 78 valence electrons. The zero-order valence-electron chi connectivity index (χ0n) is 7.08. The highest BCUT2D eigenvalue weighted by atomic mass is 19.4. The van der Waals surface area contributed by atoms with Crippen LogP contribution in [0.15, 0.2) is 30.3 Å². The first-order chi connectivity index (χ1) is 6.34. The summed E-state index contributed by atoms with van der Waals surface area (Å²) in [5, 5.41) is 0. The van der Waals surface area contributed by atoms with Crippen molar-refractivity contribution < 1.29 is 18.0 Å². The van der Waals surface area contributed by atoms with Gasteiger partial charge in [-0.25, -0.2) is 0 Å². The summed E-state index contributed by atoms with van der Waals surface area (Å²) < 4.78 is 32.1. The highest BCUT2D eigenvalue weighted by Crippen LogP contribution is 2.11. The largest absolute Gasteiger partial charge is 0.470 e. The second-order valence-corrected chi connectivity index (χ2v) is 2.27. The van der Waals surface area contributed by atoms with Crippen molar-refractivity contribution in [2.45, 2.75) is 6.18 Å². The van der Waals surface area contributed by atoms with Crippen LogP contribution >= 0.6 is 0 Å². The van der Waals surface area contributed by atoms with Crippen LogP contribution in [0.2, 0.25) is 0 Å². The molecule has 0 saturated carbocycles. The van der Waals surface area contributed by atoms with Crippen LogP contribution < -0.4 is 11.5 Å². The number of hydrogen-bond donors (Lipinski definition) is 2. The highest BCUT2D eigenvalue weighted by Gasteiger charge is 2.35.